The van der Waals surface area contributed by atoms with Gasteiger partial charge in [0.2, 0.25) is 0 Å². The van der Waals surface area contributed by atoms with E-state index >= 15 is 0 Å². The molecular formula is C12H18O2S2. The molecule has 1 heterocycles. The van der Waals surface area contributed by atoms with E-state index in [4.69, 9.17) is 0 Å². The number of hydrogen-bond acceptors (Lipinski definition) is 3. The van der Waals surface area contributed by atoms with Gasteiger partial charge in [0.1, 0.15) is 0 Å². The highest BCUT2D eigenvalue weighted by molar-refractivity contribution is 7.85. The fourth-order valence-corrected chi connectivity index (χ4v) is 3.81. The zero-order chi connectivity index (χ0) is 12.3. The van der Waals surface area contributed by atoms with E-state index in [-0.39, 0.29) is 11.5 Å². The van der Waals surface area contributed by atoms with Gasteiger partial charge >= 0.3 is 0 Å². The molecule has 1 rings (SSSR count). The second kappa shape index (κ2) is 5.73. The van der Waals surface area contributed by atoms with Crippen LogP contribution in [-0.4, -0.2) is 21.5 Å². The van der Waals surface area contributed by atoms with Gasteiger partial charge in [0.05, 0.1) is 5.75 Å². The van der Waals surface area contributed by atoms with Gasteiger partial charge in [-0.1, -0.05) is 13.8 Å². The highest BCUT2D eigenvalue weighted by Crippen LogP contribution is 2.21. The number of ketones is 1. The second-order valence-corrected chi connectivity index (χ2v) is 7.36. The third-order valence-electron chi connectivity index (χ3n) is 2.15. The van der Waals surface area contributed by atoms with Crippen LogP contribution < -0.4 is 0 Å². The molecule has 0 saturated carbocycles. The van der Waals surface area contributed by atoms with Crippen molar-refractivity contribution in [1.29, 1.82) is 0 Å². The standard InChI is InChI=1S/C12H18O2S2/c1-8(2)6-16(14)7-12(13)11-5-9(3)15-10(11)4/h5,8H,6-7H2,1-4H3. The van der Waals surface area contributed by atoms with Crippen LogP contribution in [0.1, 0.15) is 34.0 Å². The molecule has 4 heteroatoms. The minimum Gasteiger partial charge on any atom is -0.293 e. The molecule has 0 fully saturated rings. The molecule has 0 bridgehead atoms. The minimum absolute atomic E-state index is 0.0147. The highest BCUT2D eigenvalue weighted by Gasteiger charge is 2.15. The molecule has 1 atom stereocenters. The summed E-state index contributed by atoms with van der Waals surface area (Å²) < 4.78 is 11.6. The summed E-state index contributed by atoms with van der Waals surface area (Å²) in [7, 11) is -1.02. The van der Waals surface area contributed by atoms with E-state index in [9.17, 15) is 9.00 Å². The van der Waals surface area contributed by atoms with Crippen molar-refractivity contribution in [2.24, 2.45) is 5.92 Å². The number of hydrogen-bond donors (Lipinski definition) is 0. The first-order valence-electron chi connectivity index (χ1n) is 5.35. The van der Waals surface area contributed by atoms with Gasteiger partial charge in [-0.05, 0) is 25.8 Å². The number of carbonyl (C=O) groups is 1. The molecule has 0 N–H and O–H groups in total. The van der Waals surface area contributed by atoms with Crippen LogP contribution >= 0.6 is 11.3 Å². The van der Waals surface area contributed by atoms with Crippen molar-refractivity contribution in [2.45, 2.75) is 27.7 Å². The lowest BCUT2D eigenvalue weighted by atomic mass is 10.2. The first-order valence-corrected chi connectivity index (χ1v) is 7.65. The van der Waals surface area contributed by atoms with E-state index in [1.165, 1.54) is 0 Å². The van der Waals surface area contributed by atoms with E-state index in [1.807, 2.05) is 33.8 Å². The van der Waals surface area contributed by atoms with E-state index in [1.54, 1.807) is 11.3 Å². The molecule has 90 valence electrons. The lowest BCUT2D eigenvalue weighted by Gasteiger charge is -2.04. The Labute approximate surface area is 104 Å². The predicted molar refractivity (Wildman–Crippen MR) is 70.8 cm³/mol. The Balaban J connectivity index is 2.66. The molecule has 1 unspecified atom stereocenters. The smallest absolute Gasteiger partial charge is 0.176 e. The summed E-state index contributed by atoms with van der Waals surface area (Å²) in [6, 6.07) is 1.90. The topological polar surface area (TPSA) is 34.1 Å². The van der Waals surface area contributed by atoms with Crippen LogP contribution in [0.3, 0.4) is 0 Å². The number of carbonyl (C=O) groups excluding carboxylic acids is 1. The molecule has 16 heavy (non-hydrogen) atoms. The molecule has 0 radical (unpaired) electrons. The van der Waals surface area contributed by atoms with Gasteiger partial charge in [-0.15, -0.1) is 11.3 Å². The summed E-state index contributed by atoms with van der Waals surface area (Å²) in [5.41, 5.74) is 0.750. The Morgan fingerprint density at radius 3 is 2.50 bits per heavy atom. The van der Waals surface area contributed by atoms with Gasteiger partial charge in [-0.25, -0.2) is 0 Å². The van der Waals surface area contributed by atoms with Gasteiger partial charge in [-0.3, -0.25) is 9.00 Å². The number of thiophene rings is 1. The highest BCUT2D eigenvalue weighted by atomic mass is 32.2. The molecular weight excluding hydrogens is 240 g/mol. The normalized spacial score (nSPS) is 13.1. The van der Waals surface area contributed by atoms with Crippen molar-refractivity contribution >= 4 is 27.9 Å². The van der Waals surface area contributed by atoms with E-state index in [0.29, 0.717) is 11.7 Å². The molecule has 0 amide bonds. The Morgan fingerprint density at radius 1 is 1.44 bits per heavy atom. The van der Waals surface area contributed by atoms with Crippen LogP contribution in [0.25, 0.3) is 0 Å². The number of rotatable bonds is 5. The maximum absolute atomic E-state index is 11.9. The van der Waals surface area contributed by atoms with Crippen molar-refractivity contribution < 1.29 is 9.00 Å². The summed E-state index contributed by atoms with van der Waals surface area (Å²) in [6.07, 6.45) is 0. The summed E-state index contributed by atoms with van der Waals surface area (Å²) in [6.45, 7) is 7.96. The Morgan fingerprint density at radius 2 is 2.06 bits per heavy atom. The zero-order valence-corrected chi connectivity index (χ0v) is 11.8. The monoisotopic (exact) mass is 258 g/mol. The molecule has 1 aromatic rings. The first kappa shape index (κ1) is 13.6. The summed E-state index contributed by atoms with van der Waals surface area (Å²) in [5.74, 6) is 1.16. The maximum Gasteiger partial charge on any atom is 0.176 e. The first-order chi connectivity index (χ1) is 7.40. The molecule has 2 nitrogen and oxygen atoms in total. The predicted octanol–water partition coefficient (Wildman–Crippen LogP) is 2.95. The van der Waals surface area contributed by atoms with E-state index in [2.05, 4.69) is 0 Å². The van der Waals surface area contributed by atoms with Gasteiger partial charge in [0.15, 0.2) is 5.78 Å². The van der Waals surface area contributed by atoms with Crippen molar-refractivity contribution in [2.75, 3.05) is 11.5 Å². The zero-order valence-electron chi connectivity index (χ0n) is 10.2. The van der Waals surface area contributed by atoms with Gasteiger partial charge in [-0.2, -0.15) is 0 Å². The van der Waals surface area contributed by atoms with E-state index in [0.717, 1.165) is 15.3 Å². The quantitative estimate of drug-likeness (QED) is 0.761. The van der Waals surface area contributed by atoms with Crippen LogP contribution in [0, 0.1) is 19.8 Å². The fraction of sp³-hybridized carbons (Fsp3) is 0.583. The molecule has 0 aliphatic heterocycles. The molecule has 0 aliphatic carbocycles. The maximum atomic E-state index is 11.9. The van der Waals surface area contributed by atoms with E-state index < -0.39 is 10.8 Å². The molecule has 0 saturated heterocycles. The third kappa shape index (κ3) is 3.83. The lowest BCUT2D eigenvalue weighted by molar-refractivity contribution is 0.102. The van der Waals surface area contributed by atoms with Crippen molar-refractivity contribution in [1.82, 2.24) is 0 Å². The number of aryl methyl sites for hydroxylation is 2. The largest absolute Gasteiger partial charge is 0.293 e. The second-order valence-electron chi connectivity index (χ2n) is 4.39. The van der Waals surface area contributed by atoms with Gasteiger partial charge in [0, 0.05) is 31.9 Å². The molecule has 0 aliphatic rings. The fourth-order valence-electron chi connectivity index (χ4n) is 1.56. The average Bonchev–Trinajstić information content (AvgIpc) is 2.43. The van der Waals surface area contributed by atoms with Crippen molar-refractivity contribution in [3.8, 4) is 0 Å². The lowest BCUT2D eigenvalue weighted by Crippen LogP contribution is -2.15. The van der Waals surface area contributed by atoms with Crippen LogP contribution in [0.15, 0.2) is 6.07 Å². The summed E-state index contributed by atoms with van der Waals surface area (Å²) >= 11 is 1.62. The SMILES string of the molecule is Cc1cc(C(=O)CS(=O)CC(C)C)c(C)s1. The van der Waals surface area contributed by atoms with Gasteiger partial charge in [0.25, 0.3) is 0 Å². The van der Waals surface area contributed by atoms with Crippen LogP contribution in [-0.2, 0) is 10.8 Å². The number of Topliss-reactive ketones (excluding diaryl/α,β-unsaturated/α-hetero) is 1. The Kier molecular flexibility index (Phi) is 4.87. The summed E-state index contributed by atoms with van der Waals surface area (Å²) in [5, 5.41) is 0. The molecule has 0 aromatic carbocycles. The molecule has 1 aromatic heterocycles. The molecule has 0 spiro atoms. The minimum atomic E-state index is -1.02. The average molecular weight is 258 g/mol. The van der Waals surface area contributed by atoms with Crippen LogP contribution in [0.2, 0.25) is 0 Å². The summed E-state index contributed by atoms with van der Waals surface area (Å²) in [4.78, 5) is 14.1. The Hall–Kier alpha value is -0.480. The van der Waals surface area contributed by atoms with Crippen molar-refractivity contribution in [3.63, 3.8) is 0 Å². The Bertz CT molecular complexity index is 405. The van der Waals surface area contributed by atoms with Gasteiger partial charge < -0.3 is 0 Å². The third-order valence-corrected chi connectivity index (χ3v) is 4.74. The van der Waals surface area contributed by atoms with Crippen molar-refractivity contribution in [3.05, 3.63) is 21.4 Å². The van der Waals surface area contributed by atoms with Crippen LogP contribution in [0.4, 0.5) is 0 Å². The van der Waals surface area contributed by atoms with Crippen LogP contribution in [0.5, 0.6) is 0 Å².